The molecular weight excluding hydrogens is 470 g/mol. The zero-order chi connectivity index (χ0) is 26.0. The molecule has 9 heteroatoms. The Hall–Kier alpha value is -3.20. The molecule has 7 nitrogen and oxygen atoms in total. The first-order chi connectivity index (χ1) is 17.1. The predicted molar refractivity (Wildman–Crippen MR) is 129 cm³/mol. The number of benzene rings is 2. The van der Waals surface area contributed by atoms with E-state index in [9.17, 15) is 28.6 Å². The molecule has 36 heavy (non-hydrogen) atoms. The number of amides is 1. The van der Waals surface area contributed by atoms with E-state index in [4.69, 9.17) is 4.74 Å². The molecule has 0 aromatic heterocycles. The van der Waals surface area contributed by atoms with Gasteiger partial charge in [0.25, 0.3) is 0 Å². The van der Waals surface area contributed by atoms with Crippen molar-refractivity contribution in [1.29, 1.82) is 0 Å². The quantitative estimate of drug-likeness (QED) is 0.569. The molecule has 1 saturated carbocycles. The van der Waals surface area contributed by atoms with Crippen LogP contribution in [0.5, 0.6) is 5.75 Å². The van der Waals surface area contributed by atoms with Gasteiger partial charge in [-0.15, -0.1) is 0 Å². The zero-order valence-corrected chi connectivity index (χ0v) is 20.5. The summed E-state index contributed by atoms with van der Waals surface area (Å²) >= 11 is 0. The summed E-state index contributed by atoms with van der Waals surface area (Å²) in [6.45, 7) is -0.157. The molecule has 1 amide bonds. The van der Waals surface area contributed by atoms with Crippen LogP contribution in [0.4, 0.5) is 13.6 Å². The lowest BCUT2D eigenvalue weighted by atomic mass is 9.70. The van der Waals surface area contributed by atoms with E-state index < -0.39 is 35.8 Å². The Kier molecular flexibility index (Phi) is 7.49. The van der Waals surface area contributed by atoms with Gasteiger partial charge >= 0.3 is 12.1 Å². The van der Waals surface area contributed by atoms with Crippen LogP contribution in [0.25, 0.3) is 0 Å². The molecule has 0 radical (unpaired) electrons. The van der Waals surface area contributed by atoms with E-state index in [0.29, 0.717) is 6.42 Å². The van der Waals surface area contributed by atoms with Crippen molar-refractivity contribution in [3.63, 3.8) is 0 Å². The van der Waals surface area contributed by atoms with Gasteiger partial charge in [-0.1, -0.05) is 30.3 Å². The number of carboxylic acid groups (broad SMARTS) is 2. The van der Waals surface area contributed by atoms with Crippen LogP contribution in [-0.4, -0.2) is 64.9 Å². The molecule has 1 saturated heterocycles. The number of carbonyl (C=O) groups is 2. The highest BCUT2D eigenvalue weighted by atomic mass is 19.2. The van der Waals surface area contributed by atoms with Gasteiger partial charge in [-0.25, -0.2) is 18.4 Å². The van der Waals surface area contributed by atoms with Gasteiger partial charge in [-0.2, -0.15) is 0 Å². The number of hydrogen-bond donors (Lipinski definition) is 2. The van der Waals surface area contributed by atoms with Crippen LogP contribution in [0.15, 0.2) is 42.5 Å². The summed E-state index contributed by atoms with van der Waals surface area (Å²) in [5, 5.41) is 18.6. The van der Waals surface area contributed by atoms with Gasteiger partial charge in [0.15, 0.2) is 11.6 Å². The van der Waals surface area contributed by atoms with E-state index in [1.807, 2.05) is 18.2 Å². The van der Waals surface area contributed by atoms with Crippen molar-refractivity contribution >= 4 is 12.1 Å². The summed E-state index contributed by atoms with van der Waals surface area (Å²) in [5.74, 6) is -2.95. The predicted octanol–water partition coefficient (Wildman–Crippen LogP) is 4.74. The van der Waals surface area contributed by atoms with Gasteiger partial charge in [-0.3, -0.25) is 9.80 Å². The molecular formula is C27H32F2N2O5. The minimum absolute atomic E-state index is 0.0648. The number of nitrogens with zero attached hydrogens (tertiary/aromatic N) is 2. The van der Waals surface area contributed by atoms with Crippen molar-refractivity contribution in [2.75, 3.05) is 20.6 Å². The van der Waals surface area contributed by atoms with Crippen LogP contribution < -0.4 is 4.74 Å². The lowest BCUT2D eigenvalue weighted by Crippen LogP contribution is -2.44. The third-order valence-electron chi connectivity index (χ3n) is 7.78. The normalized spacial score (nSPS) is 26.2. The van der Waals surface area contributed by atoms with E-state index >= 15 is 0 Å². The largest absolute Gasteiger partial charge is 0.488 e. The van der Waals surface area contributed by atoms with E-state index in [1.165, 1.54) is 11.6 Å². The number of likely N-dealkylation sites (tertiary alicyclic amines) is 1. The molecule has 2 aromatic rings. The van der Waals surface area contributed by atoms with E-state index in [0.717, 1.165) is 36.6 Å². The maximum absolute atomic E-state index is 14.7. The highest BCUT2D eigenvalue weighted by molar-refractivity contribution is 5.80. The summed E-state index contributed by atoms with van der Waals surface area (Å²) < 4.78 is 34.9. The van der Waals surface area contributed by atoms with Crippen molar-refractivity contribution in [3.05, 3.63) is 65.2 Å². The molecule has 0 spiro atoms. The molecule has 194 valence electrons. The molecule has 1 aliphatic heterocycles. The van der Waals surface area contributed by atoms with Crippen molar-refractivity contribution in [3.8, 4) is 5.75 Å². The maximum atomic E-state index is 14.7. The van der Waals surface area contributed by atoms with Gasteiger partial charge in [-0.05, 0) is 69.3 Å². The van der Waals surface area contributed by atoms with Crippen LogP contribution in [0.2, 0.25) is 0 Å². The first kappa shape index (κ1) is 25.9. The lowest BCUT2D eigenvalue weighted by Gasteiger charge is -2.45. The topological polar surface area (TPSA) is 90.3 Å². The molecule has 2 N–H and O–H groups in total. The second-order valence-corrected chi connectivity index (χ2v) is 10.1. The summed E-state index contributed by atoms with van der Waals surface area (Å²) in [6, 6.07) is 11.5. The fourth-order valence-electron chi connectivity index (χ4n) is 5.77. The zero-order valence-electron chi connectivity index (χ0n) is 20.5. The first-order valence-electron chi connectivity index (χ1n) is 12.2. The highest BCUT2D eigenvalue weighted by Crippen LogP contribution is 2.44. The van der Waals surface area contributed by atoms with Gasteiger partial charge in [0.05, 0.1) is 6.54 Å². The first-order valence-corrected chi connectivity index (χ1v) is 12.2. The molecule has 4 rings (SSSR count). The van der Waals surface area contributed by atoms with Crippen molar-refractivity contribution in [1.82, 2.24) is 9.80 Å². The third-order valence-corrected chi connectivity index (χ3v) is 7.78. The Morgan fingerprint density at radius 2 is 1.78 bits per heavy atom. The Balaban J connectivity index is 1.45. The molecule has 2 aromatic carbocycles. The van der Waals surface area contributed by atoms with Crippen LogP contribution in [0.1, 0.15) is 43.2 Å². The number of ether oxygens (including phenoxy) is 1. The molecule has 2 aliphatic rings. The second-order valence-electron chi connectivity index (χ2n) is 10.1. The number of rotatable bonds is 7. The Morgan fingerprint density at radius 1 is 1.11 bits per heavy atom. The average molecular weight is 503 g/mol. The molecule has 0 bridgehead atoms. The van der Waals surface area contributed by atoms with Crippen LogP contribution >= 0.6 is 0 Å². The summed E-state index contributed by atoms with van der Waals surface area (Å²) in [4.78, 5) is 25.8. The minimum atomic E-state index is -1.36. The van der Waals surface area contributed by atoms with Gasteiger partial charge in [0.2, 0.25) is 0 Å². The van der Waals surface area contributed by atoms with E-state index in [-0.39, 0.29) is 35.7 Å². The van der Waals surface area contributed by atoms with E-state index in [1.54, 1.807) is 0 Å². The SMILES string of the molecule is CN(C)C1(c2ccccc2)CCC(Cc2cc(O[C@H]3C[C@@H](C(=O)O)N(C(=O)O)C3)cc(F)c2F)CC1. The number of halogens is 2. The summed E-state index contributed by atoms with van der Waals surface area (Å²) in [6.07, 6.45) is 1.69. The molecule has 1 heterocycles. The fourth-order valence-corrected chi connectivity index (χ4v) is 5.77. The van der Waals surface area contributed by atoms with Crippen LogP contribution in [0, 0.1) is 17.6 Å². The van der Waals surface area contributed by atoms with Crippen molar-refractivity contribution in [2.45, 2.75) is 56.2 Å². The van der Waals surface area contributed by atoms with Gasteiger partial charge < -0.3 is 14.9 Å². The Morgan fingerprint density at radius 3 is 2.33 bits per heavy atom. The Bertz CT molecular complexity index is 1080. The summed E-state index contributed by atoms with van der Waals surface area (Å²) in [5.41, 5.74) is 1.38. The highest BCUT2D eigenvalue weighted by Gasteiger charge is 2.41. The number of hydrogen-bond acceptors (Lipinski definition) is 4. The smallest absolute Gasteiger partial charge is 0.408 e. The van der Waals surface area contributed by atoms with Gasteiger partial charge in [0, 0.05) is 18.0 Å². The Labute approximate surface area is 209 Å². The second kappa shape index (κ2) is 10.4. The summed E-state index contributed by atoms with van der Waals surface area (Å²) in [7, 11) is 4.15. The van der Waals surface area contributed by atoms with Crippen LogP contribution in [-0.2, 0) is 16.8 Å². The van der Waals surface area contributed by atoms with E-state index in [2.05, 4.69) is 31.1 Å². The average Bonchev–Trinajstić information content (AvgIpc) is 3.28. The monoisotopic (exact) mass is 502 g/mol. The third kappa shape index (κ3) is 5.16. The van der Waals surface area contributed by atoms with Crippen LogP contribution in [0.3, 0.4) is 0 Å². The minimum Gasteiger partial charge on any atom is -0.488 e. The maximum Gasteiger partial charge on any atom is 0.408 e. The van der Waals surface area contributed by atoms with Crippen molar-refractivity contribution < 1.29 is 33.3 Å². The van der Waals surface area contributed by atoms with Crippen molar-refractivity contribution in [2.24, 2.45) is 5.92 Å². The number of carboxylic acids is 1. The molecule has 1 aliphatic carbocycles. The molecule has 0 unspecified atom stereocenters. The molecule has 2 fully saturated rings. The fraction of sp³-hybridized carbons (Fsp3) is 0.481. The lowest BCUT2D eigenvalue weighted by molar-refractivity contribution is -0.141. The standard InChI is InChI=1S/C27H32F2N2O5/c1-30(2)27(19-6-4-3-5-7-19)10-8-17(9-11-27)12-18-13-20(14-22(28)24(18)29)36-21-15-23(25(32)33)31(16-21)26(34)35/h3-7,13-14,17,21,23H,8-12,15-16H2,1-2H3,(H,32,33)(H,34,35)/t17?,21-,23-,27?/m0/s1. The molecule has 2 atom stereocenters. The van der Waals surface area contributed by atoms with Gasteiger partial charge in [0.1, 0.15) is 17.9 Å². The number of aliphatic carboxylic acids is 1.